The number of hydrogen-bond acceptors (Lipinski definition) is 4. The van der Waals surface area contributed by atoms with E-state index in [-0.39, 0.29) is 24.5 Å². The van der Waals surface area contributed by atoms with Gasteiger partial charge in [-0.3, -0.25) is 9.59 Å². The quantitative estimate of drug-likeness (QED) is 0.695. The molecule has 0 aromatic heterocycles. The van der Waals surface area contributed by atoms with Crippen molar-refractivity contribution in [3.8, 4) is 11.5 Å². The zero-order valence-corrected chi connectivity index (χ0v) is 18.6. The third-order valence-electron chi connectivity index (χ3n) is 5.52. The maximum Gasteiger partial charge on any atom is 0.260 e. The summed E-state index contributed by atoms with van der Waals surface area (Å²) in [5.74, 6) is 1.54. The minimum absolute atomic E-state index is 0.0245. The molecule has 0 atom stereocenters. The Bertz CT molecular complexity index is 871. The van der Waals surface area contributed by atoms with E-state index in [9.17, 15) is 9.59 Å². The van der Waals surface area contributed by atoms with Gasteiger partial charge in [-0.2, -0.15) is 0 Å². The molecular weight excluding hydrogens is 392 g/mol. The SMILES string of the molecule is CCOc1ccccc1OCC(=O)N1CCC(NC(=O)c2ccc(C(C)C)cc2)CC1. The molecule has 0 radical (unpaired) electrons. The van der Waals surface area contributed by atoms with Gasteiger partial charge in [0.05, 0.1) is 6.61 Å². The first-order chi connectivity index (χ1) is 15.0. The van der Waals surface area contributed by atoms with Gasteiger partial charge in [-0.1, -0.05) is 38.1 Å². The number of rotatable bonds is 8. The molecule has 6 heteroatoms. The Morgan fingerprint density at radius 2 is 1.61 bits per heavy atom. The highest BCUT2D eigenvalue weighted by atomic mass is 16.5. The molecule has 1 heterocycles. The molecule has 0 unspecified atom stereocenters. The number of amides is 2. The summed E-state index contributed by atoms with van der Waals surface area (Å²) >= 11 is 0. The number of ether oxygens (including phenoxy) is 2. The van der Waals surface area contributed by atoms with E-state index in [2.05, 4.69) is 19.2 Å². The van der Waals surface area contributed by atoms with E-state index in [4.69, 9.17) is 9.47 Å². The summed E-state index contributed by atoms with van der Waals surface area (Å²) in [5.41, 5.74) is 1.89. The van der Waals surface area contributed by atoms with Crippen LogP contribution >= 0.6 is 0 Å². The Morgan fingerprint density at radius 3 is 2.19 bits per heavy atom. The molecule has 3 rings (SSSR count). The second kappa shape index (κ2) is 10.8. The lowest BCUT2D eigenvalue weighted by Gasteiger charge is -2.32. The van der Waals surface area contributed by atoms with E-state index in [1.807, 2.05) is 49.4 Å². The molecule has 0 aliphatic carbocycles. The molecule has 1 N–H and O–H groups in total. The molecule has 166 valence electrons. The summed E-state index contributed by atoms with van der Waals surface area (Å²) in [6, 6.07) is 15.2. The number of nitrogens with zero attached hydrogens (tertiary/aromatic N) is 1. The fraction of sp³-hybridized carbons (Fsp3) is 0.440. The van der Waals surface area contributed by atoms with Gasteiger partial charge in [0.25, 0.3) is 11.8 Å². The highest BCUT2D eigenvalue weighted by Crippen LogP contribution is 2.26. The van der Waals surface area contributed by atoms with Crippen LogP contribution in [0, 0.1) is 0 Å². The van der Waals surface area contributed by atoms with Crippen LogP contribution < -0.4 is 14.8 Å². The van der Waals surface area contributed by atoms with Crippen molar-refractivity contribution in [1.29, 1.82) is 0 Å². The molecule has 0 saturated carbocycles. The van der Waals surface area contributed by atoms with E-state index in [0.717, 1.165) is 12.8 Å². The van der Waals surface area contributed by atoms with Gasteiger partial charge in [-0.15, -0.1) is 0 Å². The van der Waals surface area contributed by atoms with Crippen molar-refractivity contribution in [3.05, 3.63) is 59.7 Å². The Morgan fingerprint density at radius 1 is 1.00 bits per heavy atom. The number of benzene rings is 2. The average Bonchev–Trinajstić information content (AvgIpc) is 2.79. The highest BCUT2D eigenvalue weighted by molar-refractivity contribution is 5.94. The molecule has 2 aromatic carbocycles. The molecule has 6 nitrogen and oxygen atoms in total. The van der Waals surface area contributed by atoms with Gasteiger partial charge in [0.15, 0.2) is 18.1 Å². The molecule has 1 aliphatic rings. The minimum atomic E-state index is -0.0593. The Balaban J connectivity index is 1.44. The Kier molecular flexibility index (Phi) is 7.93. The van der Waals surface area contributed by atoms with Crippen LogP contribution in [-0.2, 0) is 4.79 Å². The second-order valence-corrected chi connectivity index (χ2v) is 8.07. The molecule has 0 spiro atoms. The predicted molar refractivity (Wildman–Crippen MR) is 121 cm³/mol. The van der Waals surface area contributed by atoms with Gasteiger partial charge in [-0.05, 0) is 55.5 Å². The zero-order valence-electron chi connectivity index (χ0n) is 18.6. The number of likely N-dealkylation sites (tertiary alicyclic amines) is 1. The first-order valence-corrected chi connectivity index (χ1v) is 11.0. The van der Waals surface area contributed by atoms with Crippen molar-refractivity contribution < 1.29 is 19.1 Å². The normalized spacial score (nSPS) is 14.4. The topological polar surface area (TPSA) is 67.9 Å². The molecule has 1 saturated heterocycles. The fourth-order valence-electron chi connectivity index (χ4n) is 3.64. The summed E-state index contributed by atoms with van der Waals surface area (Å²) in [5, 5.41) is 3.10. The first-order valence-electron chi connectivity index (χ1n) is 11.0. The molecule has 1 fully saturated rings. The summed E-state index contributed by atoms with van der Waals surface area (Å²) in [6.07, 6.45) is 1.47. The van der Waals surface area contributed by atoms with Gasteiger partial charge < -0.3 is 19.7 Å². The van der Waals surface area contributed by atoms with Crippen molar-refractivity contribution in [2.75, 3.05) is 26.3 Å². The third-order valence-corrected chi connectivity index (χ3v) is 5.52. The first kappa shape index (κ1) is 22.7. The number of hydrogen-bond donors (Lipinski definition) is 1. The number of para-hydroxylation sites is 2. The van der Waals surface area contributed by atoms with Crippen LogP contribution in [0.4, 0.5) is 0 Å². The van der Waals surface area contributed by atoms with E-state index in [1.54, 1.807) is 11.0 Å². The van der Waals surface area contributed by atoms with Crippen LogP contribution in [0.1, 0.15) is 55.5 Å². The van der Waals surface area contributed by atoms with Crippen molar-refractivity contribution in [2.24, 2.45) is 0 Å². The third kappa shape index (κ3) is 6.23. The van der Waals surface area contributed by atoms with Crippen molar-refractivity contribution in [3.63, 3.8) is 0 Å². The molecule has 0 bridgehead atoms. The van der Waals surface area contributed by atoms with Crippen LogP contribution in [0.25, 0.3) is 0 Å². The van der Waals surface area contributed by atoms with E-state index < -0.39 is 0 Å². The summed E-state index contributed by atoms with van der Waals surface area (Å²) in [6.45, 7) is 7.89. The lowest BCUT2D eigenvalue weighted by Crippen LogP contribution is -2.47. The van der Waals surface area contributed by atoms with Gasteiger partial charge in [0, 0.05) is 24.7 Å². The fourth-order valence-corrected chi connectivity index (χ4v) is 3.64. The number of carbonyl (C=O) groups excluding carboxylic acids is 2. The van der Waals surface area contributed by atoms with Crippen LogP contribution in [0.15, 0.2) is 48.5 Å². The second-order valence-electron chi connectivity index (χ2n) is 8.07. The maximum atomic E-state index is 12.6. The molecule has 31 heavy (non-hydrogen) atoms. The van der Waals surface area contributed by atoms with Crippen LogP contribution in [-0.4, -0.2) is 49.1 Å². The van der Waals surface area contributed by atoms with Gasteiger partial charge in [0.1, 0.15) is 0 Å². The summed E-state index contributed by atoms with van der Waals surface area (Å²) in [7, 11) is 0. The Labute approximate surface area is 184 Å². The van der Waals surface area contributed by atoms with Crippen molar-refractivity contribution >= 4 is 11.8 Å². The number of nitrogens with one attached hydrogen (secondary N) is 1. The Hall–Kier alpha value is -3.02. The molecule has 2 aromatic rings. The number of carbonyl (C=O) groups is 2. The lowest BCUT2D eigenvalue weighted by molar-refractivity contribution is -0.134. The largest absolute Gasteiger partial charge is 0.490 e. The smallest absolute Gasteiger partial charge is 0.260 e. The monoisotopic (exact) mass is 424 g/mol. The molecule has 2 amide bonds. The summed E-state index contributed by atoms with van der Waals surface area (Å²) < 4.78 is 11.2. The van der Waals surface area contributed by atoms with E-state index in [0.29, 0.717) is 42.7 Å². The minimum Gasteiger partial charge on any atom is -0.490 e. The van der Waals surface area contributed by atoms with Crippen molar-refractivity contribution in [1.82, 2.24) is 10.2 Å². The highest BCUT2D eigenvalue weighted by Gasteiger charge is 2.24. The average molecular weight is 425 g/mol. The van der Waals surface area contributed by atoms with Gasteiger partial charge in [0.2, 0.25) is 0 Å². The van der Waals surface area contributed by atoms with Gasteiger partial charge >= 0.3 is 0 Å². The standard InChI is InChI=1S/C25H32N2O4/c1-4-30-22-7-5-6-8-23(22)31-17-24(28)27-15-13-21(14-16-27)26-25(29)20-11-9-19(10-12-20)18(2)3/h5-12,18,21H,4,13-17H2,1-3H3,(H,26,29). The number of piperidine rings is 1. The maximum absolute atomic E-state index is 12.6. The van der Waals surface area contributed by atoms with Crippen LogP contribution in [0.3, 0.4) is 0 Å². The predicted octanol–water partition coefficient (Wildman–Crippen LogP) is 4.01. The molecule has 1 aliphatic heterocycles. The van der Waals surface area contributed by atoms with Crippen LogP contribution in [0.2, 0.25) is 0 Å². The van der Waals surface area contributed by atoms with Gasteiger partial charge in [-0.25, -0.2) is 0 Å². The zero-order chi connectivity index (χ0) is 22.2. The molecular formula is C25H32N2O4. The van der Waals surface area contributed by atoms with Crippen molar-refractivity contribution in [2.45, 2.75) is 45.6 Å². The summed E-state index contributed by atoms with van der Waals surface area (Å²) in [4.78, 5) is 26.9. The van der Waals surface area contributed by atoms with E-state index >= 15 is 0 Å². The lowest BCUT2D eigenvalue weighted by atomic mass is 10.0. The van der Waals surface area contributed by atoms with E-state index in [1.165, 1.54) is 5.56 Å². The van der Waals surface area contributed by atoms with Crippen LogP contribution in [0.5, 0.6) is 11.5 Å².